The van der Waals surface area contributed by atoms with Gasteiger partial charge in [-0.3, -0.25) is 0 Å². The maximum Gasteiger partial charge on any atom is 0.0720 e. The summed E-state index contributed by atoms with van der Waals surface area (Å²) in [4.78, 5) is 0. The highest BCUT2D eigenvalue weighted by atomic mass is 16.5. The van der Waals surface area contributed by atoms with Crippen molar-refractivity contribution in [2.45, 2.75) is 96.7 Å². The van der Waals surface area contributed by atoms with Crippen molar-refractivity contribution in [1.29, 1.82) is 0 Å². The van der Waals surface area contributed by atoms with Crippen LogP contribution in [0.25, 0.3) is 0 Å². The van der Waals surface area contributed by atoms with Crippen LogP contribution in [0, 0.1) is 5.41 Å². The van der Waals surface area contributed by atoms with Crippen molar-refractivity contribution < 1.29 is 9.84 Å². The van der Waals surface area contributed by atoms with E-state index in [1.165, 1.54) is 18.4 Å². The maximum atomic E-state index is 9.04. The predicted octanol–water partition coefficient (Wildman–Crippen LogP) is 3.21. The van der Waals surface area contributed by atoms with Crippen LogP contribution in [0.5, 0.6) is 0 Å². The molecular formula is C24H43N3O2. The smallest absolute Gasteiger partial charge is 0.0720 e. The Morgan fingerprint density at radius 2 is 1.55 bits per heavy atom. The molecule has 5 heteroatoms. The maximum absolute atomic E-state index is 9.04. The SMILES string of the molecule is CC(C)NCC1(C)CC(OCc2ccccc2)C1.CC(C)NCC1(N)CC(O)C1. The van der Waals surface area contributed by atoms with Crippen LogP contribution in [-0.4, -0.2) is 48.0 Å². The summed E-state index contributed by atoms with van der Waals surface area (Å²) in [7, 11) is 0. The molecule has 2 aliphatic carbocycles. The molecule has 0 heterocycles. The molecule has 2 fully saturated rings. The highest BCUT2D eigenvalue weighted by Gasteiger charge is 2.41. The van der Waals surface area contributed by atoms with Crippen LogP contribution < -0.4 is 16.4 Å². The Hall–Kier alpha value is -0.980. The third kappa shape index (κ3) is 8.73. The van der Waals surface area contributed by atoms with Crippen molar-refractivity contribution >= 4 is 0 Å². The number of nitrogens with one attached hydrogen (secondary N) is 2. The number of ether oxygens (including phenoxy) is 1. The lowest BCUT2D eigenvalue weighted by Crippen LogP contribution is -2.60. The highest BCUT2D eigenvalue weighted by Crippen LogP contribution is 2.42. The summed E-state index contributed by atoms with van der Waals surface area (Å²) in [6.07, 6.45) is 4.14. The van der Waals surface area contributed by atoms with Gasteiger partial charge in [0, 0.05) is 30.7 Å². The van der Waals surface area contributed by atoms with Crippen LogP contribution >= 0.6 is 0 Å². The van der Waals surface area contributed by atoms with Gasteiger partial charge in [0.05, 0.1) is 18.8 Å². The fourth-order valence-corrected chi connectivity index (χ4v) is 3.97. The minimum atomic E-state index is -0.158. The molecule has 5 nitrogen and oxygen atoms in total. The molecule has 0 unspecified atom stereocenters. The molecule has 0 aliphatic heterocycles. The molecule has 0 radical (unpaired) electrons. The second kappa shape index (κ2) is 10.9. The van der Waals surface area contributed by atoms with Gasteiger partial charge in [0.2, 0.25) is 0 Å². The first-order valence-electron chi connectivity index (χ1n) is 11.2. The summed E-state index contributed by atoms with van der Waals surface area (Å²) >= 11 is 0. The molecule has 0 bridgehead atoms. The zero-order valence-corrected chi connectivity index (χ0v) is 19.1. The van der Waals surface area contributed by atoms with Gasteiger partial charge in [-0.25, -0.2) is 0 Å². The molecule has 0 saturated heterocycles. The van der Waals surface area contributed by atoms with Crippen LogP contribution in [0.15, 0.2) is 30.3 Å². The fourth-order valence-electron chi connectivity index (χ4n) is 3.97. The van der Waals surface area contributed by atoms with E-state index >= 15 is 0 Å². The Bertz CT molecular complexity index is 579. The molecule has 1 aromatic carbocycles. The molecule has 1 aromatic rings. The minimum Gasteiger partial charge on any atom is -0.393 e. The Labute approximate surface area is 177 Å². The van der Waals surface area contributed by atoms with Gasteiger partial charge in [0.1, 0.15) is 0 Å². The lowest BCUT2D eigenvalue weighted by Gasteiger charge is -2.45. The third-order valence-corrected chi connectivity index (χ3v) is 5.85. The van der Waals surface area contributed by atoms with E-state index in [1.54, 1.807) is 0 Å². The zero-order valence-electron chi connectivity index (χ0n) is 19.1. The van der Waals surface area contributed by atoms with E-state index in [-0.39, 0.29) is 11.6 Å². The number of aliphatic hydroxyl groups is 1. The van der Waals surface area contributed by atoms with E-state index in [1.807, 2.05) is 6.07 Å². The number of rotatable bonds is 9. The lowest BCUT2D eigenvalue weighted by atomic mass is 9.68. The van der Waals surface area contributed by atoms with E-state index in [2.05, 4.69) is 69.5 Å². The molecule has 0 aromatic heterocycles. The molecule has 3 rings (SSSR count). The van der Waals surface area contributed by atoms with Gasteiger partial charge in [-0.15, -0.1) is 0 Å². The molecule has 2 aliphatic rings. The molecule has 2 saturated carbocycles. The molecule has 166 valence electrons. The summed E-state index contributed by atoms with van der Waals surface area (Å²) in [6, 6.07) is 11.5. The molecule has 29 heavy (non-hydrogen) atoms. The monoisotopic (exact) mass is 405 g/mol. The Morgan fingerprint density at radius 1 is 1.00 bits per heavy atom. The molecule has 0 spiro atoms. The Morgan fingerprint density at radius 3 is 2.07 bits per heavy atom. The average molecular weight is 406 g/mol. The highest BCUT2D eigenvalue weighted by molar-refractivity contribution is 5.13. The van der Waals surface area contributed by atoms with Crippen LogP contribution in [0.2, 0.25) is 0 Å². The summed E-state index contributed by atoms with van der Waals surface area (Å²) in [5.41, 5.74) is 7.49. The fraction of sp³-hybridized carbons (Fsp3) is 0.750. The summed E-state index contributed by atoms with van der Waals surface area (Å²) in [6.45, 7) is 13.6. The van der Waals surface area contributed by atoms with Crippen molar-refractivity contribution in [1.82, 2.24) is 10.6 Å². The van der Waals surface area contributed by atoms with Gasteiger partial charge in [0.15, 0.2) is 0 Å². The van der Waals surface area contributed by atoms with Crippen molar-refractivity contribution in [2.24, 2.45) is 11.1 Å². The van der Waals surface area contributed by atoms with Gasteiger partial charge in [0.25, 0.3) is 0 Å². The molecule has 0 amide bonds. The van der Waals surface area contributed by atoms with Crippen LogP contribution in [-0.2, 0) is 11.3 Å². The van der Waals surface area contributed by atoms with Gasteiger partial charge < -0.3 is 26.2 Å². The largest absolute Gasteiger partial charge is 0.393 e. The van der Waals surface area contributed by atoms with Crippen LogP contribution in [0.4, 0.5) is 0 Å². The topological polar surface area (TPSA) is 79.5 Å². The van der Waals surface area contributed by atoms with E-state index < -0.39 is 0 Å². The molecule has 5 N–H and O–H groups in total. The zero-order chi connectivity index (χ0) is 21.5. The number of benzene rings is 1. The predicted molar refractivity (Wildman–Crippen MR) is 121 cm³/mol. The van der Waals surface area contributed by atoms with Crippen molar-refractivity contribution in [2.75, 3.05) is 13.1 Å². The number of nitrogens with two attached hydrogens (primary N) is 1. The van der Waals surface area contributed by atoms with Crippen molar-refractivity contribution in [3.8, 4) is 0 Å². The number of hydrogen-bond acceptors (Lipinski definition) is 5. The normalized spacial score (nSPS) is 31.1. The first kappa shape index (κ1) is 24.3. The van der Waals surface area contributed by atoms with Gasteiger partial charge in [-0.05, 0) is 36.7 Å². The summed E-state index contributed by atoms with van der Waals surface area (Å²) in [5, 5.41) is 15.8. The van der Waals surface area contributed by atoms with Gasteiger partial charge in [-0.2, -0.15) is 0 Å². The van der Waals surface area contributed by atoms with E-state index in [9.17, 15) is 0 Å². The second-order valence-corrected chi connectivity index (χ2v) is 10.1. The van der Waals surface area contributed by atoms with Crippen molar-refractivity contribution in [3.63, 3.8) is 0 Å². The van der Waals surface area contributed by atoms with E-state index in [4.69, 9.17) is 15.6 Å². The Balaban J connectivity index is 0.000000234. The quantitative estimate of drug-likeness (QED) is 0.507. The van der Waals surface area contributed by atoms with E-state index in [0.717, 1.165) is 32.5 Å². The molecule has 0 atom stereocenters. The van der Waals surface area contributed by atoms with E-state index in [0.29, 0.717) is 23.6 Å². The minimum absolute atomic E-state index is 0.135. The van der Waals surface area contributed by atoms with Gasteiger partial charge in [-0.1, -0.05) is 65.0 Å². The van der Waals surface area contributed by atoms with Gasteiger partial charge >= 0.3 is 0 Å². The summed E-state index contributed by atoms with van der Waals surface area (Å²) in [5.74, 6) is 0. The number of aliphatic hydroxyl groups excluding tert-OH is 1. The molecular weight excluding hydrogens is 362 g/mol. The lowest BCUT2D eigenvalue weighted by molar-refractivity contribution is -0.0803. The van der Waals surface area contributed by atoms with Crippen LogP contribution in [0.1, 0.15) is 65.9 Å². The number of hydrogen-bond donors (Lipinski definition) is 4. The first-order valence-corrected chi connectivity index (χ1v) is 11.2. The first-order chi connectivity index (χ1) is 13.6. The summed E-state index contributed by atoms with van der Waals surface area (Å²) < 4.78 is 5.94. The van der Waals surface area contributed by atoms with Crippen molar-refractivity contribution in [3.05, 3.63) is 35.9 Å². The third-order valence-electron chi connectivity index (χ3n) is 5.85. The second-order valence-electron chi connectivity index (χ2n) is 10.1. The average Bonchev–Trinajstić information content (AvgIpc) is 2.61. The standard InChI is InChI=1S/C16H25NO.C8H18N2O/c1-13(2)17-12-16(3)9-15(10-16)18-11-14-7-5-4-6-8-14;1-6(2)10-5-8(9)3-7(11)4-8/h4-8,13,15,17H,9-12H2,1-3H3;6-7,10-11H,3-5,9H2,1-2H3. The Kier molecular flexibility index (Phi) is 9.11. The van der Waals surface area contributed by atoms with Crippen LogP contribution in [0.3, 0.4) is 0 Å².